The molecule has 4 rings (SSSR count). The predicted octanol–water partition coefficient (Wildman–Crippen LogP) is 2.09. The molecule has 0 aliphatic carbocycles. The van der Waals surface area contributed by atoms with Crippen LogP contribution in [0.1, 0.15) is 33.5 Å². The van der Waals surface area contributed by atoms with Crippen LogP contribution >= 0.6 is 0 Å². The molecular weight excluding hydrogens is 530 g/mol. The Kier molecular flexibility index (Phi) is 8.36. The number of phenolic OH excluding ortho intramolecular Hbond substituents is 1. The van der Waals surface area contributed by atoms with E-state index in [1.165, 1.54) is 48.5 Å². The molecule has 11 nitrogen and oxygen atoms in total. The second-order valence-electron chi connectivity index (χ2n) is 9.13. The van der Waals surface area contributed by atoms with Crippen molar-refractivity contribution in [3.8, 4) is 11.8 Å². The van der Waals surface area contributed by atoms with Crippen molar-refractivity contribution in [2.24, 2.45) is 0 Å². The van der Waals surface area contributed by atoms with Gasteiger partial charge < -0.3 is 15.3 Å². The number of nitrogens with zero attached hydrogens (tertiary/aromatic N) is 3. The van der Waals surface area contributed by atoms with Crippen molar-refractivity contribution in [1.82, 2.24) is 10.0 Å². The van der Waals surface area contributed by atoms with Gasteiger partial charge in [0.2, 0.25) is 0 Å². The Labute approximate surface area is 233 Å². The van der Waals surface area contributed by atoms with E-state index in [1.54, 1.807) is 36.4 Å². The number of hydrogen-bond donors (Lipinski definition) is 3. The molecule has 11 heteroatoms. The van der Waals surface area contributed by atoms with Gasteiger partial charge >= 0.3 is 5.97 Å². The number of benzene rings is 3. The molecule has 0 spiro atoms. The fraction of sp³-hybridized carbons (Fsp3) is 0.133. The van der Waals surface area contributed by atoms with Crippen molar-refractivity contribution >= 4 is 35.6 Å². The summed E-state index contributed by atoms with van der Waals surface area (Å²) in [4.78, 5) is 64.2. The number of aliphatic hydroxyl groups is 1. The SMILES string of the molecule is N#CC(=Cc1ccc(O)cc1)C(=O)N(C(Cc1ccc(C(=O)c2ccccc2)cc1)C(=O)O)N1C(=O)C[C@H](O)C1=O. The van der Waals surface area contributed by atoms with Crippen molar-refractivity contribution in [2.45, 2.75) is 25.0 Å². The van der Waals surface area contributed by atoms with Gasteiger partial charge in [-0.25, -0.2) is 9.80 Å². The second-order valence-corrected chi connectivity index (χ2v) is 9.13. The summed E-state index contributed by atoms with van der Waals surface area (Å²) >= 11 is 0. The topological polar surface area (TPSA) is 176 Å². The summed E-state index contributed by atoms with van der Waals surface area (Å²) in [7, 11) is 0. The normalized spacial score (nSPS) is 15.8. The molecule has 1 aliphatic rings. The number of hydrogen-bond acceptors (Lipinski definition) is 8. The van der Waals surface area contributed by atoms with Crippen LogP contribution in [0, 0.1) is 11.3 Å². The average Bonchev–Trinajstić information content (AvgIpc) is 3.22. The lowest BCUT2D eigenvalue weighted by Crippen LogP contribution is -2.58. The predicted molar refractivity (Wildman–Crippen MR) is 142 cm³/mol. The van der Waals surface area contributed by atoms with Gasteiger partial charge in [-0.1, -0.05) is 66.7 Å². The molecule has 3 amide bonds. The van der Waals surface area contributed by atoms with E-state index in [1.807, 2.05) is 0 Å². The summed E-state index contributed by atoms with van der Waals surface area (Å²) in [6, 6.07) is 19.6. The Hall–Kier alpha value is -5.60. The summed E-state index contributed by atoms with van der Waals surface area (Å²) in [5.41, 5.74) is 0.830. The highest BCUT2D eigenvalue weighted by atomic mass is 16.4. The van der Waals surface area contributed by atoms with E-state index in [0.717, 1.165) is 6.08 Å². The summed E-state index contributed by atoms with van der Waals surface area (Å²) in [5.74, 6) is -5.41. The van der Waals surface area contributed by atoms with E-state index in [9.17, 15) is 44.6 Å². The van der Waals surface area contributed by atoms with Gasteiger partial charge in [-0.3, -0.25) is 19.2 Å². The lowest BCUT2D eigenvalue weighted by Gasteiger charge is -2.34. The molecule has 2 atom stereocenters. The fourth-order valence-corrected chi connectivity index (χ4v) is 4.25. The molecule has 3 aromatic carbocycles. The number of carbonyl (C=O) groups is 5. The van der Waals surface area contributed by atoms with Crippen molar-refractivity contribution < 1.29 is 39.3 Å². The molecule has 1 heterocycles. The number of nitriles is 1. The summed E-state index contributed by atoms with van der Waals surface area (Å²) in [5, 5.41) is 40.0. The Bertz CT molecular complexity index is 1570. The van der Waals surface area contributed by atoms with Crippen LogP contribution in [-0.2, 0) is 25.6 Å². The molecular formula is C30H23N3O8. The molecule has 0 bridgehead atoms. The summed E-state index contributed by atoms with van der Waals surface area (Å²) in [6.45, 7) is 0. The van der Waals surface area contributed by atoms with E-state index in [-0.39, 0.29) is 16.5 Å². The maximum Gasteiger partial charge on any atom is 0.328 e. The zero-order valence-corrected chi connectivity index (χ0v) is 21.4. The number of aromatic hydroxyl groups is 1. The molecule has 206 valence electrons. The molecule has 0 radical (unpaired) electrons. The van der Waals surface area contributed by atoms with Crippen LogP contribution in [0.5, 0.6) is 5.75 Å². The van der Waals surface area contributed by atoms with E-state index in [0.29, 0.717) is 27.3 Å². The van der Waals surface area contributed by atoms with Crippen molar-refractivity contribution in [3.63, 3.8) is 0 Å². The average molecular weight is 554 g/mol. The number of carbonyl (C=O) groups excluding carboxylic acids is 4. The van der Waals surface area contributed by atoms with E-state index < -0.39 is 54.3 Å². The zero-order valence-electron chi connectivity index (χ0n) is 21.4. The number of carboxylic acids is 1. The second kappa shape index (κ2) is 12.1. The minimum absolute atomic E-state index is 0.0710. The standard InChI is InChI=1S/C30H23N3O8/c31-17-22(14-18-8-12-23(34)13-9-18)28(38)32(33-26(36)16-25(35)29(33)39)24(30(40)41)15-19-6-10-21(11-7-19)27(37)20-4-2-1-3-5-20/h1-14,24-25,34-35H,15-16H2,(H,40,41)/t24?,25-/m0/s1. The smallest absolute Gasteiger partial charge is 0.328 e. The maximum absolute atomic E-state index is 13.6. The molecule has 0 aromatic heterocycles. The van der Waals surface area contributed by atoms with Gasteiger partial charge in [-0.15, -0.1) is 0 Å². The number of aliphatic carboxylic acids is 1. The Morgan fingerprint density at radius 3 is 2.12 bits per heavy atom. The number of aliphatic hydroxyl groups excluding tert-OH is 1. The highest BCUT2D eigenvalue weighted by molar-refractivity contribution is 6.10. The van der Waals surface area contributed by atoms with Crippen molar-refractivity contribution in [3.05, 3.63) is 107 Å². The monoisotopic (exact) mass is 553 g/mol. The Morgan fingerprint density at radius 2 is 1.59 bits per heavy atom. The number of hydrazine groups is 1. The van der Waals surface area contributed by atoms with Gasteiger partial charge in [0.15, 0.2) is 11.8 Å². The largest absolute Gasteiger partial charge is 0.508 e. The van der Waals surface area contributed by atoms with Crippen LogP contribution in [0.15, 0.2) is 84.4 Å². The van der Waals surface area contributed by atoms with Crippen LogP contribution in [0.2, 0.25) is 0 Å². The third-order valence-electron chi connectivity index (χ3n) is 6.34. The van der Waals surface area contributed by atoms with E-state index >= 15 is 0 Å². The fourth-order valence-electron chi connectivity index (χ4n) is 4.25. The first-order valence-electron chi connectivity index (χ1n) is 12.3. The van der Waals surface area contributed by atoms with Crippen LogP contribution in [0.3, 0.4) is 0 Å². The van der Waals surface area contributed by atoms with Gasteiger partial charge in [0.05, 0.1) is 6.42 Å². The summed E-state index contributed by atoms with van der Waals surface area (Å²) < 4.78 is 0. The number of carboxylic acid groups (broad SMARTS) is 1. The molecule has 41 heavy (non-hydrogen) atoms. The highest BCUT2D eigenvalue weighted by Gasteiger charge is 2.47. The molecule has 1 aliphatic heterocycles. The molecule has 1 unspecified atom stereocenters. The first kappa shape index (κ1) is 28.4. The van der Waals surface area contributed by atoms with Crippen LogP contribution < -0.4 is 0 Å². The minimum atomic E-state index is -1.85. The molecule has 1 saturated heterocycles. The van der Waals surface area contributed by atoms with Crippen LogP contribution in [-0.4, -0.2) is 67.0 Å². The number of amides is 3. The number of imide groups is 1. The molecule has 0 saturated carbocycles. The first-order valence-corrected chi connectivity index (χ1v) is 12.3. The van der Waals surface area contributed by atoms with Gasteiger partial charge in [0.1, 0.15) is 23.5 Å². The molecule has 3 aromatic rings. The lowest BCUT2D eigenvalue weighted by molar-refractivity contribution is -0.177. The number of ketones is 1. The molecule has 1 fully saturated rings. The Morgan fingerprint density at radius 1 is 0.976 bits per heavy atom. The quantitative estimate of drug-likeness (QED) is 0.155. The first-order chi connectivity index (χ1) is 19.6. The number of phenols is 1. The van der Waals surface area contributed by atoms with Crippen molar-refractivity contribution in [2.75, 3.05) is 0 Å². The highest BCUT2D eigenvalue weighted by Crippen LogP contribution is 2.24. The number of rotatable bonds is 9. The van der Waals surface area contributed by atoms with Gasteiger partial charge in [0, 0.05) is 17.5 Å². The van der Waals surface area contributed by atoms with E-state index in [2.05, 4.69) is 0 Å². The van der Waals surface area contributed by atoms with Gasteiger partial charge in [0.25, 0.3) is 17.7 Å². The van der Waals surface area contributed by atoms with Gasteiger partial charge in [-0.05, 0) is 29.3 Å². The lowest BCUT2D eigenvalue weighted by atomic mass is 9.99. The van der Waals surface area contributed by atoms with Crippen molar-refractivity contribution in [1.29, 1.82) is 5.26 Å². The minimum Gasteiger partial charge on any atom is -0.508 e. The third-order valence-corrected chi connectivity index (χ3v) is 6.34. The van der Waals surface area contributed by atoms with Crippen LogP contribution in [0.25, 0.3) is 6.08 Å². The zero-order chi connectivity index (χ0) is 29.7. The maximum atomic E-state index is 13.6. The Balaban J connectivity index is 1.70. The van der Waals surface area contributed by atoms with E-state index in [4.69, 9.17) is 0 Å². The van der Waals surface area contributed by atoms with Gasteiger partial charge in [-0.2, -0.15) is 10.3 Å². The third kappa shape index (κ3) is 6.19. The molecule has 3 N–H and O–H groups in total. The summed E-state index contributed by atoms with van der Waals surface area (Å²) in [6.07, 6.45) is -1.76. The van der Waals surface area contributed by atoms with Crippen LogP contribution in [0.4, 0.5) is 0 Å².